The monoisotopic (exact) mass is 859 g/mol. The highest BCUT2D eigenvalue weighted by Gasteiger charge is 2.63. The molecule has 7 rings (SSSR count). The van der Waals surface area contributed by atoms with Crippen LogP contribution in [0.2, 0.25) is 0 Å². The molecular formula is C42H55F2N5O10S. The molecule has 4 heterocycles. The molecule has 5 aliphatic rings. The van der Waals surface area contributed by atoms with E-state index in [0.29, 0.717) is 79.4 Å². The van der Waals surface area contributed by atoms with Gasteiger partial charge in [-0.25, -0.2) is 27.0 Å². The molecular weight excluding hydrogens is 805 g/mol. The molecule has 3 N–H and O–H groups in total. The van der Waals surface area contributed by atoms with E-state index >= 15 is 13.6 Å². The zero-order chi connectivity index (χ0) is 43.6. The fourth-order valence-corrected chi connectivity index (χ4v) is 10.1. The van der Waals surface area contributed by atoms with Crippen LogP contribution in [0.5, 0.6) is 17.4 Å². The third kappa shape index (κ3) is 7.83. The molecule has 2 aliphatic carbocycles. The summed E-state index contributed by atoms with van der Waals surface area (Å²) in [5.41, 5.74) is -4.05. The Morgan fingerprint density at radius 2 is 1.83 bits per heavy atom. The predicted octanol–water partition coefficient (Wildman–Crippen LogP) is 5.41. The van der Waals surface area contributed by atoms with Crippen LogP contribution in [0.15, 0.2) is 36.5 Å². The molecule has 3 aliphatic heterocycles. The molecule has 4 amide bonds. The fourth-order valence-electron chi connectivity index (χ4n) is 8.84. The predicted molar refractivity (Wildman–Crippen MR) is 215 cm³/mol. The highest BCUT2D eigenvalue weighted by Crippen LogP contribution is 2.48. The van der Waals surface area contributed by atoms with Gasteiger partial charge in [0.05, 0.1) is 11.3 Å². The van der Waals surface area contributed by atoms with E-state index < -0.39 is 85.6 Å². The number of sulfonamides is 1. The largest absolute Gasteiger partial charge is 0.486 e. The number of pyridine rings is 1. The molecule has 60 heavy (non-hydrogen) atoms. The quantitative estimate of drug-likeness (QED) is 0.273. The molecule has 7 atom stereocenters. The van der Waals surface area contributed by atoms with Crippen molar-refractivity contribution in [2.45, 2.75) is 133 Å². The summed E-state index contributed by atoms with van der Waals surface area (Å²) in [7, 11) is -4.10. The molecule has 1 saturated heterocycles. The zero-order valence-electron chi connectivity index (χ0n) is 34.8. The second-order valence-corrected chi connectivity index (χ2v) is 20.2. The number of carbonyl (C=O) groups excluding carboxylic acids is 3. The fraction of sp³-hybridized carbons (Fsp3) is 0.643. The van der Waals surface area contributed by atoms with E-state index in [2.05, 4.69) is 15.0 Å². The van der Waals surface area contributed by atoms with E-state index in [9.17, 15) is 27.9 Å². The highest BCUT2D eigenvalue weighted by atomic mass is 32.2. The molecule has 328 valence electrons. The van der Waals surface area contributed by atoms with Crippen molar-refractivity contribution in [2.24, 2.45) is 17.8 Å². The Morgan fingerprint density at radius 3 is 2.50 bits per heavy atom. The molecule has 0 unspecified atom stereocenters. The first-order chi connectivity index (χ1) is 28.1. The topological polar surface area (TPSA) is 194 Å². The van der Waals surface area contributed by atoms with Crippen molar-refractivity contribution < 1.29 is 55.7 Å². The van der Waals surface area contributed by atoms with E-state index in [4.69, 9.17) is 14.2 Å². The number of carbonyl (C=O) groups is 4. The van der Waals surface area contributed by atoms with Gasteiger partial charge in [-0.15, -0.1) is 0 Å². The van der Waals surface area contributed by atoms with Crippen LogP contribution in [0.25, 0.3) is 10.8 Å². The minimum absolute atomic E-state index is 0.0899. The summed E-state index contributed by atoms with van der Waals surface area (Å²) in [5.74, 6) is -6.38. The number of halogens is 2. The Hall–Kier alpha value is -4.74. The first kappa shape index (κ1) is 43.4. The van der Waals surface area contributed by atoms with Gasteiger partial charge < -0.3 is 29.5 Å². The van der Waals surface area contributed by atoms with Crippen LogP contribution in [0, 0.1) is 17.8 Å². The zero-order valence-corrected chi connectivity index (χ0v) is 35.7. The average Bonchev–Trinajstić information content (AvgIpc) is 4.06. The second kappa shape index (κ2) is 15.6. The summed E-state index contributed by atoms with van der Waals surface area (Å²) in [6.07, 6.45) is 4.87. The number of fused-ring (bicyclic) bond motifs is 5. The van der Waals surface area contributed by atoms with Crippen LogP contribution in [0.3, 0.4) is 0 Å². The van der Waals surface area contributed by atoms with E-state index in [-0.39, 0.29) is 37.6 Å². The molecule has 0 bridgehead atoms. The van der Waals surface area contributed by atoms with Crippen molar-refractivity contribution >= 4 is 44.6 Å². The molecule has 15 nitrogen and oxygen atoms in total. The summed E-state index contributed by atoms with van der Waals surface area (Å²) in [6.45, 7) is 8.46. The van der Waals surface area contributed by atoms with Gasteiger partial charge in [0.1, 0.15) is 42.5 Å². The first-order valence-corrected chi connectivity index (χ1v) is 22.2. The molecule has 1 aromatic heterocycles. The van der Waals surface area contributed by atoms with Crippen molar-refractivity contribution in [3.63, 3.8) is 0 Å². The van der Waals surface area contributed by atoms with Crippen molar-refractivity contribution in [1.29, 1.82) is 0 Å². The van der Waals surface area contributed by atoms with Crippen LogP contribution >= 0.6 is 0 Å². The highest BCUT2D eigenvalue weighted by molar-refractivity contribution is 7.91. The van der Waals surface area contributed by atoms with Gasteiger partial charge >= 0.3 is 6.09 Å². The number of hydrogen-bond donors (Lipinski definition) is 3. The lowest BCUT2D eigenvalue weighted by atomic mass is 9.81. The minimum Gasteiger partial charge on any atom is -0.486 e. The van der Waals surface area contributed by atoms with E-state index in [1.165, 1.54) is 11.1 Å². The maximum Gasteiger partial charge on any atom is 0.408 e. The molecule has 18 heteroatoms. The second-order valence-electron chi connectivity index (χ2n) is 18.0. The summed E-state index contributed by atoms with van der Waals surface area (Å²) in [5, 5.41) is 14.7. The van der Waals surface area contributed by atoms with E-state index in [0.717, 1.165) is 13.8 Å². The van der Waals surface area contributed by atoms with Gasteiger partial charge in [0, 0.05) is 36.2 Å². The number of carboxylic acid groups (broad SMARTS) is 1. The number of nitrogens with zero attached hydrogens (tertiary/aromatic N) is 3. The number of nitrogens with one attached hydrogen (secondary N) is 2. The maximum atomic E-state index is 15.5. The van der Waals surface area contributed by atoms with Gasteiger partial charge in [0.2, 0.25) is 27.7 Å². The number of rotatable bonds is 9. The van der Waals surface area contributed by atoms with Crippen molar-refractivity contribution in [3.05, 3.63) is 36.5 Å². The normalized spacial score (nSPS) is 29.3. The van der Waals surface area contributed by atoms with Crippen molar-refractivity contribution in [3.8, 4) is 17.4 Å². The van der Waals surface area contributed by atoms with Crippen molar-refractivity contribution in [2.75, 3.05) is 19.8 Å². The number of hydrogen-bond acceptors (Lipinski definition) is 10. The molecule has 1 aromatic carbocycles. The Balaban J connectivity index is 1.30. The summed E-state index contributed by atoms with van der Waals surface area (Å²) >= 11 is 0. The van der Waals surface area contributed by atoms with Crippen LogP contribution in [0.4, 0.5) is 13.6 Å². The summed E-state index contributed by atoms with van der Waals surface area (Å²) < 4.78 is 76.7. The van der Waals surface area contributed by atoms with Crippen LogP contribution < -0.4 is 24.2 Å². The van der Waals surface area contributed by atoms with Gasteiger partial charge in [-0.3, -0.25) is 24.0 Å². The van der Waals surface area contributed by atoms with Crippen molar-refractivity contribution in [1.82, 2.24) is 24.8 Å². The van der Waals surface area contributed by atoms with E-state index in [1.807, 2.05) is 13.0 Å². The Labute approximate surface area is 348 Å². The maximum absolute atomic E-state index is 15.5. The number of ether oxygens (including phenoxy) is 3. The number of alkyl halides is 2. The van der Waals surface area contributed by atoms with Gasteiger partial charge in [-0.1, -0.05) is 32.4 Å². The SMILES string of the molecule is CC[C@@H]1C[C@@H](C)CCC=C[C@@H]2C[C@@]2(C(=O)NS(=O)(=O)C2(C)CC2)NC(=O)[C@@H]2C[C@@H](Oc3nccc4c5c(ccc34)OCCO5)CN2C(=O)[C@H]1N(C(=O)O)C(C)(C)C(C)(F)F. The van der Waals surface area contributed by atoms with Crippen LogP contribution in [-0.4, -0.2) is 112 Å². The standard InChI is InChI=1S/C42H55F2N5O10S/c1-7-25-20-24(2)10-8-9-11-26-22-42(26,37(52)47-60(55,56)40(5)15-16-40)46-34(50)30-21-27(23-48(30)36(51)32(25)49(38(53)54)39(3,4)41(6,43)44)59-35-29-12-13-31-33(58-19-18-57-31)28(29)14-17-45-35/h9,11-14,17,24-27,30,32H,7-8,10,15-16,18-23H2,1-6H3,(H,46,50)(H,47,52)(H,53,54)/t24-,25+,26+,27+,30-,32-,42+/m0/s1. The smallest absolute Gasteiger partial charge is 0.408 e. The summed E-state index contributed by atoms with van der Waals surface area (Å²) in [6, 6.07) is 2.16. The van der Waals surface area contributed by atoms with Crippen LogP contribution in [-0.2, 0) is 24.4 Å². The first-order valence-electron chi connectivity index (χ1n) is 20.7. The molecule has 0 radical (unpaired) electrons. The minimum atomic E-state index is -4.10. The van der Waals surface area contributed by atoms with Crippen LogP contribution in [0.1, 0.15) is 92.9 Å². The molecule has 3 fully saturated rings. The lowest BCUT2D eigenvalue weighted by Gasteiger charge is -2.47. The number of allylic oxidation sites excluding steroid dienone is 1. The number of amides is 4. The summed E-state index contributed by atoms with van der Waals surface area (Å²) in [4.78, 5) is 63.5. The Morgan fingerprint density at radius 1 is 1.12 bits per heavy atom. The van der Waals surface area contributed by atoms with Gasteiger partial charge in [-0.05, 0) is 89.3 Å². The third-order valence-electron chi connectivity index (χ3n) is 13.4. The molecule has 2 aromatic rings. The average molecular weight is 860 g/mol. The van der Waals surface area contributed by atoms with Gasteiger partial charge in [0.15, 0.2) is 11.5 Å². The molecule has 0 spiro atoms. The van der Waals surface area contributed by atoms with E-state index in [1.54, 1.807) is 38.1 Å². The Kier molecular flexibility index (Phi) is 11.3. The Bertz CT molecular complexity index is 2190. The molecule has 2 saturated carbocycles. The van der Waals surface area contributed by atoms with Gasteiger partial charge in [0.25, 0.3) is 11.8 Å². The lowest BCUT2D eigenvalue weighted by Crippen LogP contribution is -2.67. The number of benzene rings is 1. The van der Waals surface area contributed by atoms with Gasteiger partial charge in [-0.2, -0.15) is 0 Å². The lowest BCUT2D eigenvalue weighted by molar-refractivity contribution is -0.157. The third-order valence-corrected chi connectivity index (χ3v) is 15.6. The number of aromatic nitrogens is 1.